The Kier molecular flexibility index (Phi) is 3.48. The molecule has 0 fully saturated rings. The minimum Gasteiger partial charge on any atom is -0.289 e. The van der Waals surface area contributed by atoms with E-state index in [9.17, 15) is 9.59 Å². The first-order chi connectivity index (χ1) is 8.52. The Hall–Kier alpha value is -1.67. The monoisotopic (exact) mass is 260 g/mol. The van der Waals surface area contributed by atoms with Crippen LogP contribution < -0.4 is 0 Å². The predicted molar refractivity (Wildman–Crippen MR) is 72.0 cm³/mol. The molecule has 2 nitrogen and oxygen atoms in total. The first-order valence-electron chi connectivity index (χ1n) is 5.73. The minimum atomic E-state index is -0.260. The van der Waals surface area contributed by atoms with Crippen molar-refractivity contribution in [3.8, 4) is 0 Å². The molecule has 0 spiro atoms. The average Bonchev–Trinajstić information content (AvgIpc) is 2.36. The zero-order valence-corrected chi connectivity index (χ0v) is 11.0. The molecule has 0 unspecified atom stereocenters. The largest absolute Gasteiger partial charge is 0.289 e. The van der Waals surface area contributed by atoms with Gasteiger partial charge in [0.05, 0.1) is 5.03 Å². The van der Waals surface area contributed by atoms with Gasteiger partial charge in [0, 0.05) is 16.7 Å². The highest BCUT2D eigenvalue weighted by molar-refractivity contribution is 6.50. The first-order valence-corrected chi connectivity index (χ1v) is 6.10. The van der Waals surface area contributed by atoms with Crippen molar-refractivity contribution in [3.05, 3.63) is 57.6 Å². The van der Waals surface area contributed by atoms with E-state index in [-0.39, 0.29) is 16.6 Å². The molecule has 0 saturated heterocycles. The maximum atomic E-state index is 12.3. The SMILES string of the molecule is CC(C)=CCC1=C(Cl)C(=O)c2ccccc2C1=O. The molecule has 0 aromatic heterocycles. The smallest absolute Gasteiger partial charge is 0.205 e. The van der Waals surface area contributed by atoms with Gasteiger partial charge in [0.25, 0.3) is 0 Å². The van der Waals surface area contributed by atoms with Crippen LogP contribution in [0.2, 0.25) is 0 Å². The fourth-order valence-corrected chi connectivity index (χ4v) is 2.15. The van der Waals surface area contributed by atoms with E-state index in [1.54, 1.807) is 24.3 Å². The minimum absolute atomic E-state index is 0.0520. The number of halogens is 1. The van der Waals surface area contributed by atoms with Gasteiger partial charge in [-0.1, -0.05) is 47.5 Å². The number of hydrogen-bond donors (Lipinski definition) is 0. The second kappa shape index (κ2) is 4.91. The average molecular weight is 261 g/mol. The molecule has 0 bridgehead atoms. The zero-order valence-electron chi connectivity index (χ0n) is 10.3. The molecule has 0 N–H and O–H groups in total. The Labute approximate surface area is 111 Å². The van der Waals surface area contributed by atoms with E-state index in [1.165, 1.54) is 0 Å². The number of ketones is 2. The lowest BCUT2D eigenvalue weighted by molar-refractivity contribution is 0.0979. The molecule has 2 rings (SSSR count). The van der Waals surface area contributed by atoms with Crippen molar-refractivity contribution in [1.82, 2.24) is 0 Å². The number of rotatable bonds is 2. The molecule has 0 atom stereocenters. The van der Waals surface area contributed by atoms with Crippen LogP contribution in [0, 0.1) is 0 Å². The topological polar surface area (TPSA) is 34.1 Å². The van der Waals surface area contributed by atoms with Gasteiger partial charge in [0.15, 0.2) is 5.78 Å². The van der Waals surface area contributed by atoms with Gasteiger partial charge in [0.2, 0.25) is 5.78 Å². The number of carbonyl (C=O) groups excluding carboxylic acids is 2. The third-order valence-corrected chi connectivity index (χ3v) is 3.27. The molecule has 0 saturated carbocycles. The lowest BCUT2D eigenvalue weighted by atomic mass is 9.87. The Balaban J connectivity index is 2.50. The molecular weight excluding hydrogens is 248 g/mol. The Bertz CT molecular complexity index is 590. The number of carbonyl (C=O) groups is 2. The van der Waals surface area contributed by atoms with Crippen LogP contribution >= 0.6 is 11.6 Å². The molecule has 1 aliphatic carbocycles. The van der Waals surface area contributed by atoms with Crippen LogP contribution in [-0.4, -0.2) is 11.6 Å². The Morgan fingerprint density at radius 3 is 2.22 bits per heavy atom. The predicted octanol–water partition coefficient (Wildman–Crippen LogP) is 3.91. The number of hydrogen-bond acceptors (Lipinski definition) is 2. The lowest BCUT2D eigenvalue weighted by Crippen LogP contribution is -2.19. The van der Waals surface area contributed by atoms with E-state index in [2.05, 4.69) is 0 Å². The third kappa shape index (κ3) is 2.16. The third-order valence-electron chi connectivity index (χ3n) is 2.87. The standard InChI is InChI=1S/C15H13ClO2/c1-9(2)7-8-12-13(16)15(18)11-6-4-3-5-10(11)14(12)17/h3-7H,8H2,1-2H3. The van der Waals surface area contributed by atoms with Gasteiger partial charge in [0.1, 0.15) is 0 Å². The van der Waals surface area contributed by atoms with Crippen molar-refractivity contribution >= 4 is 23.2 Å². The highest BCUT2D eigenvalue weighted by atomic mass is 35.5. The van der Waals surface area contributed by atoms with Crippen molar-refractivity contribution in [1.29, 1.82) is 0 Å². The maximum Gasteiger partial charge on any atom is 0.205 e. The summed E-state index contributed by atoms with van der Waals surface area (Å²) in [7, 11) is 0. The van der Waals surface area contributed by atoms with E-state index >= 15 is 0 Å². The molecule has 92 valence electrons. The van der Waals surface area contributed by atoms with Crippen LogP contribution in [0.3, 0.4) is 0 Å². The van der Waals surface area contributed by atoms with Gasteiger partial charge < -0.3 is 0 Å². The second-order valence-electron chi connectivity index (χ2n) is 4.48. The summed E-state index contributed by atoms with van der Waals surface area (Å²) in [6, 6.07) is 6.79. The van der Waals surface area contributed by atoms with Crippen LogP contribution in [0.15, 0.2) is 46.5 Å². The summed E-state index contributed by atoms with van der Waals surface area (Å²) in [5.41, 5.74) is 2.32. The van der Waals surface area contributed by atoms with Crippen LogP contribution in [-0.2, 0) is 0 Å². The molecule has 0 heterocycles. The lowest BCUT2D eigenvalue weighted by Gasteiger charge is -2.16. The quantitative estimate of drug-likeness (QED) is 0.756. The highest BCUT2D eigenvalue weighted by Gasteiger charge is 2.30. The number of benzene rings is 1. The summed E-state index contributed by atoms with van der Waals surface area (Å²) in [4.78, 5) is 24.3. The van der Waals surface area contributed by atoms with E-state index in [0.29, 0.717) is 23.1 Å². The van der Waals surface area contributed by atoms with E-state index < -0.39 is 0 Å². The van der Waals surface area contributed by atoms with Crippen molar-refractivity contribution in [2.24, 2.45) is 0 Å². The van der Waals surface area contributed by atoms with Gasteiger partial charge in [-0.2, -0.15) is 0 Å². The Morgan fingerprint density at radius 1 is 1.11 bits per heavy atom. The summed E-state index contributed by atoms with van der Waals surface area (Å²) >= 11 is 6.02. The van der Waals surface area contributed by atoms with Gasteiger partial charge in [-0.05, 0) is 20.3 Å². The first kappa shape index (κ1) is 12.8. The molecule has 0 amide bonds. The molecule has 0 radical (unpaired) electrons. The molecule has 3 heteroatoms. The second-order valence-corrected chi connectivity index (χ2v) is 4.86. The van der Waals surface area contributed by atoms with E-state index in [4.69, 9.17) is 11.6 Å². The molecular formula is C15H13ClO2. The van der Waals surface area contributed by atoms with Crippen molar-refractivity contribution in [2.45, 2.75) is 20.3 Å². The number of allylic oxidation sites excluding steroid dienone is 4. The molecule has 18 heavy (non-hydrogen) atoms. The van der Waals surface area contributed by atoms with E-state index in [0.717, 1.165) is 5.57 Å². The zero-order chi connectivity index (χ0) is 13.3. The molecule has 1 aliphatic rings. The summed E-state index contributed by atoms with van der Waals surface area (Å²) < 4.78 is 0. The van der Waals surface area contributed by atoms with E-state index in [1.807, 2.05) is 19.9 Å². The Morgan fingerprint density at radius 2 is 1.67 bits per heavy atom. The van der Waals surface area contributed by atoms with Gasteiger partial charge in [-0.3, -0.25) is 9.59 Å². The van der Waals surface area contributed by atoms with Gasteiger partial charge in [-0.25, -0.2) is 0 Å². The summed E-state index contributed by atoms with van der Waals surface area (Å²) in [6.45, 7) is 3.88. The van der Waals surface area contributed by atoms with Crippen LogP contribution in [0.4, 0.5) is 0 Å². The molecule has 1 aromatic carbocycles. The normalized spacial score (nSPS) is 14.6. The maximum absolute atomic E-state index is 12.3. The number of Topliss-reactive ketones (excluding diaryl/α,β-unsaturated/α-hetero) is 2. The van der Waals surface area contributed by atoms with Gasteiger partial charge in [-0.15, -0.1) is 0 Å². The highest BCUT2D eigenvalue weighted by Crippen LogP contribution is 2.30. The molecule has 0 aliphatic heterocycles. The summed E-state index contributed by atoms with van der Waals surface area (Å²) in [5, 5.41) is 0.0520. The van der Waals surface area contributed by atoms with Gasteiger partial charge >= 0.3 is 0 Å². The number of fused-ring (bicyclic) bond motifs is 1. The molecule has 1 aromatic rings. The summed E-state index contributed by atoms with van der Waals surface area (Å²) in [6.07, 6.45) is 2.30. The van der Waals surface area contributed by atoms with Crippen LogP contribution in [0.1, 0.15) is 41.0 Å². The van der Waals surface area contributed by atoms with Crippen molar-refractivity contribution < 1.29 is 9.59 Å². The fourth-order valence-electron chi connectivity index (χ4n) is 1.89. The van der Waals surface area contributed by atoms with Crippen molar-refractivity contribution in [3.63, 3.8) is 0 Å². The van der Waals surface area contributed by atoms with Crippen molar-refractivity contribution in [2.75, 3.05) is 0 Å². The van der Waals surface area contributed by atoms with Crippen LogP contribution in [0.5, 0.6) is 0 Å². The van der Waals surface area contributed by atoms with Crippen LogP contribution in [0.25, 0.3) is 0 Å². The summed E-state index contributed by atoms with van der Waals surface area (Å²) in [5.74, 6) is -0.406. The fraction of sp³-hybridized carbons (Fsp3) is 0.200.